The molecule has 6 heteroatoms. The second-order valence-electron chi connectivity index (χ2n) is 4.48. The van der Waals surface area contributed by atoms with Crippen molar-refractivity contribution in [3.8, 4) is 11.5 Å². The lowest BCUT2D eigenvalue weighted by molar-refractivity contribution is -0.114. The molecule has 0 aliphatic rings. The fourth-order valence-corrected chi connectivity index (χ4v) is 2.07. The normalized spacial score (nSPS) is 9.95. The Kier molecular flexibility index (Phi) is 5.49. The van der Waals surface area contributed by atoms with Crippen LogP contribution in [0.1, 0.15) is 0 Å². The third-order valence-electron chi connectivity index (χ3n) is 2.95. The molecule has 2 rings (SSSR count). The van der Waals surface area contributed by atoms with E-state index in [-0.39, 0.29) is 12.5 Å². The molecule has 0 radical (unpaired) electrons. The lowest BCUT2D eigenvalue weighted by Crippen LogP contribution is -2.21. The molecule has 0 aromatic heterocycles. The van der Waals surface area contributed by atoms with Crippen molar-refractivity contribution in [3.63, 3.8) is 0 Å². The Hall–Kier alpha value is -2.40. The van der Waals surface area contributed by atoms with Crippen LogP contribution in [0, 0.1) is 0 Å². The number of nitrogens with one attached hydrogen (secondary N) is 2. The lowest BCUT2D eigenvalue weighted by atomic mass is 10.3. The maximum absolute atomic E-state index is 12.0. The molecule has 5 nitrogen and oxygen atoms in total. The highest BCUT2D eigenvalue weighted by Gasteiger charge is 2.07. The number of carbonyl (C=O) groups excluding carboxylic acids is 1. The van der Waals surface area contributed by atoms with Gasteiger partial charge in [0.2, 0.25) is 5.91 Å². The number of benzene rings is 2. The predicted molar refractivity (Wildman–Crippen MR) is 88.1 cm³/mol. The summed E-state index contributed by atoms with van der Waals surface area (Å²) in [5.74, 6) is 1.12. The maximum Gasteiger partial charge on any atom is 0.243 e. The highest BCUT2D eigenvalue weighted by atomic mass is 35.5. The topological polar surface area (TPSA) is 59.6 Å². The van der Waals surface area contributed by atoms with Gasteiger partial charge in [0.15, 0.2) is 0 Å². The van der Waals surface area contributed by atoms with E-state index in [1.165, 1.54) is 0 Å². The largest absolute Gasteiger partial charge is 0.497 e. The van der Waals surface area contributed by atoms with Crippen molar-refractivity contribution in [1.82, 2.24) is 0 Å². The van der Waals surface area contributed by atoms with Crippen molar-refractivity contribution in [2.45, 2.75) is 0 Å². The van der Waals surface area contributed by atoms with Crippen molar-refractivity contribution in [2.24, 2.45) is 0 Å². The van der Waals surface area contributed by atoms with E-state index in [0.29, 0.717) is 27.9 Å². The summed E-state index contributed by atoms with van der Waals surface area (Å²) in [4.78, 5) is 12.0. The van der Waals surface area contributed by atoms with E-state index >= 15 is 0 Å². The van der Waals surface area contributed by atoms with E-state index < -0.39 is 0 Å². The van der Waals surface area contributed by atoms with Crippen LogP contribution < -0.4 is 20.1 Å². The zero-order valence-electron chi connectivity index (χ0n) is 12.4. The Bertz CT molecular complexity index is 662. The molecule has 0 bridgehead atoms. The predicted octanol–water partition coefficient (Wildman–Crippen LogP) is 3.41. The first-order valence-electron chi connectivity index (χ1n) is 6.63. The molecular weight excluding hydrogens is 304 g/mol. The number of rotatable bonds is 6. The molecule has 0 aliphatic carbocycles. The Labute approximate surface area is 134 Å². The van der Waals surface area contributed by atoms with Gasteiger partial charge in [0.05, 0.1) is 26.5 Å². The number of amides is 1. The first kappa shape index (κ1) is 16.0. The first-order chi connectivity index (χ1) is 10.6. The fraction of sp³-hybridized carbons (Fsp3) is 0.188. The average molecular weight is 321 g/mol. The number of carbonyl (C=O) groups is 1. The monoisotopic (exact) mass is 320 g/mol. The average Bonchev–Trinajstić information content (AvgIpc) is 2.53. The van der Waals surface area contributed by atoms with Crippen LogP contribution in [0.5, 0.6) is 11.5 Å². The van der Waals surface area contributed by atoms with Crippen LogP contribution in [0.4, 0.5) is 11.4 Å². The van der Waals surface area contributed by atoms with Crippen LogP contribution in [-0.4, -0.2) is 26.7 Å². The van der Waals surface area contributed by atoms with Crippen LogP contribution in [0.25, 0.3) is 0 Å². The number of ether oxygens (including phenoxy) is 2. The molecule has 0 unspecified atom stereocenters. The Morgan fingerprint density at radius 3 is 2.68 bits per heavy atom. The van der Waals surface area contributed by atoms with Crippen molar-refractivity contribution in [2.75, 3.05) is 31.4 Å². The highest BCUT2D eigenvalue weighted by molar-refractivity contribution is 6.30. The standard InChI is InChI=1S/C16H17ClN2O3/c1-21-13-5-3-4-12(9-13)19-16(20)10-18-14-8-11(17)6-7-15(14)22-2/h3-9,18H,10H2,1-2H3,(H,19,20). The summed E-state index contributed by atoms with van der Waals surface area (Å²) in [7, 11) is 3.14. The molecule has 0 spiro atoms. The zero-order chi connectivity index (χ0) is 15.9. The SMILES string of the molecule is COc1cccc(NC(=O)CNc2cc(Cl)ccc2OC)c1. The number of methoxy groups -OCH3 is 2. The van der Waals surface area contributed by atoms with Crippen LogP contribution in [0.2, 0.25) is 5.02 Å². The van der Waals surface area contributed by atoms with Gasteiger partial charge in [-0.2, -0.15) is 0 Å². The van der Waals surface area contributed by atoms with E-state index in [0.717, 1.165) is 0 Å². The summed E-state index contributed by atoms with van der Waals surface area (Å²) in [5, 5.41) is 6.35. The number of hydrogen-bond donors (Lipinski definition) is 2. The molecule has 1 amide bonds. The summed E-state index contributed by atoms with van der Waals surface area (Å²) in [6, 6.07) is 12.3. The molecule has 0 atom stereocenters. The van der Waals surface area contributed by atoms with Crippen LogP contribution in [0.3, 0.4) is 0 Å². The number of hydrogen-bond acceptors (Lipinski definition) is 4. The van der Waals surface area contributed by atoms with Gasteiger partial charge in [0, 0.05) is 16.8 Å². The molecule has 116 valence electrons. The van der Waals surface area contributed by atoms with Gasteiger partial charge >= 0.3 is 0 Å². The molecule has 0 saturated carbocycles. The first-order valence-corrected chi connectivity index (χ1v) is 7.01. The molecule has 0 fully saturated rings. The van der Waals surface area contributed by atoms with Crippen LogP contribution in [0.15, 0.2) is 42.5 Å². The molecule has 22 heavy (non-hydrogen) atoms. The zero-order valence-corrected chi connectivity index (χ0v) is 13.1. The van der Waals surface area contributed by atoms with Crippen molar-refractivity contribution in [1.29, 1.82) is 0 Å². The molecule has 2 aromatic rings. The molecule has 0 saturated heterocycles. The van der Waals surface area contributed by atoms with Crippen molar-refractivity contribution in [3.05, 3.63) is 47.5 Å². The van der Waals surface area contributed by atoms with Gasteiger partial charge in [-0.05, 0) is 30.3 Å². The minimum Gasteiger partial charge on any atom is -0.497 e. The minimum absolute atomic E-state index is 0.0912. The van der Waals surface area contributed by atoms with Gasteiger partial charge in [-0.15, -0.1) is 0 Å². The van der Waals surface area contributed by atoms with E-state index in [2.05, 4.69) is 10.6 Å². The van der Waals surface area contributed by atoms with Gasteiger partial charge in [-0.1, -0.05) is 17.7 Å². The fourth-order valence-electron chi connectivity index (χ4n) is 1.90. The van der Waals surface area contributed by atoms with Gasteiger partial charge in [-0.3, -0.25) is 4.79 Å². The Balaban J connectivity index is 1.96. The number of anilines is 2. The Morgan fingerprint density at radius 2 is 1.95 bits per heavy atom. The lowest BCUT2D eigenvalue weighted by Gasteiger charge is -2.12. The molecule has 2 N–H and O–H groups in total. The third-order valence-corrected chi connectivity index (χ3v) is 3.19. The number of halogens is 1. The summed E-state index contributed by atoms with van der Waals surface area (Å²) in [5.41, 5.74) is 1.33. The quantitative estimate of drug-likeness (QED) is 0.856. The molecule has 0 aliphatic heterocycles. The van der Waals surface area contributed by atoms with E-state index in [4.69, 9.17) is 21.1 Å². The summed E-state index contributed by atoms with van der Waals surface area (Å²) in [6.45, 7) is 0.0912. The maximum atomic E-state index is 12.0. The summed E-state index contributed by atoms with van der Waals surface area (Å²) in [6.07, 6.45) is 0. The summed E-state index contributed by atoms with van der Waals surface area (Å²) >= 11 is 5.94. The molecule has 2 aromatic carbocycles. The van der Waals surface area contributed by atoms with Crippen molar-refractivity contribution < 1.29 is 14.3 Å². The van der Waals surface area contributed by atoms with Crippen molar-refractivity contribution >= 4 is 28.9 Å². The third kappa shape index (κ3) is 4.30. The highest BCUT2D eigenvalue weighted by Crippen LogP contribution is 2.27. The van der Waals surface area contributed by atoms with Crippen LogP contribution >= 0.6 is 11.6 Å². The van der Waals surface area contributed by atoms with E-state index in [9.17, 15) is 4.79 Å². The minimum atomic E-state index is -0.185. The van der Waals surface area contributed by atoms with E-state index in [1.54, 1.807) is 44.6 Å². The summed E-state index contributed by atoms with van der Waals surface area (Å²) < 4.78 is 10.3. The molecular formula is C16H17ClN2O3. The van der Waals surface area contributed by atoms with Gasteiger partial charge in [0.25, 0.3) is 0 Å². The molecule has 0 heterocycles. The second kappa shape index (κ2) is 7.56. The Morgan fingerprint density at radius 1 is 1.14 bits per heavy atom. The van der Waals surface area contributed by atoms with E-state index in [1.807, 2.05) is 12.1 Å². The second-order valence-corrected chi connectivity index (χ2v) is 4.91. The van der Waals surface area contributed by atoms with Gasteiger partial charge < -0.3 is 20.1 Å². The van der Waals surface area contributed by atoms with Gasteiger partial charge in [0.1, 0.15) is 11.5 Å². The van der Waals surface area contributed by atoms with Gasteiger partial charge in [-0.25, -0.2) is 0 Å². The van der Waals surface area contributed by atoms with Crippen LogP contribution in [-0.2, 0) is 4.79 Å². The smallest absolute Gasteiger partial charge is 0.243 e.